The minimum absolute atomic E-state index is 0.605. The molecule has 5 nitrogen and oxygen atoms in total. The molecule has 0 unspecified atom stereocenters. The molecule has 5 heteroatoms. The fourth-order valence-electron chi connectivity index (χ4n) is 1.52. The number of hydrogen-bond acceptors (Lipinski definition) is 4. The Morgan fingerprint density at radius 3 is 2.94 bits per heavy atom. The van der Waals surface area contributed by atoms with Crippen molar-refractivity contribution in [2.45, 2.75) is 13.5 Å². The molecular weight excluding hydrogens is 216 g/mol. The molecule has 0 saturated heterocycles. The SMILES string of the molecule is CCOc1ncccc1NCc1nccn1C. The Morgan fingerprint density at radius 1 is 1.35 bits per heavy atom. The number of nitrogens with one attached hydrogen (secondary N) is 1. The minimum Gasteiger partial charge on any atom is -0.476 e. The van der Waals surface area contributed by atoms with Gasteiger partial charge in [0.2, 0.25) is 5.88 Å². The first kappa shape index (κ1) is 11.4. The van der Waals surface area contributed by atoms with Gasteiger partial charge in [0.1, 0.15) is 5.82 Å². The van der Waals surface area contributed by atoms with Crippen LogP contribution in [0.25, 0.3) is 0 Å². The Labute approximate surface area is 100 Å². The van der Waals surface area contributed by atoms with Crippen molar-refractivity contribution >= 4 is 5.69 Å². The summed E-state index contributed by atoms with van der Waals surface area (Å²) in [6, 6.07) is 3.82. The summed E-state index contributed by atoms with van der Waals surface area (Å²) in [5.41, 5.74) is 0.886. The van der Waals surface area contributed by atoms with Gasteiger partial charge in [0.25, 0.3) is 0 Å². The van der Waals surface area contributed by atoms with Gasteiger partial charge in [0.05, 0.1) is 18.8 Å². The Morgan fingerprint density at radius 2 is 2.24 bits per heavy atom. The second-order valence-electron chi connectivity index (χ2n) is 3.60. The van der Waals surface area contributed by atoms with Crippen LogP contribution in [0.3, 0.4) is 0 Å². The first-order valence-electron chi connectivity index (χ1n) is 5.59. The largest absolute Gasteiger partial charge is 0.476 e. The highest BCUT2D eigenvalue weighted by molar-refractivity contribution is 5.51. The summed E-state index contributed by atoms with van der Waals surface area (Å²) in [5, 5.41) is 3.27. The fourth-order valence-corrected chi connectivity index (χ4v) is 1.52. The summed E-state index contributed by atoms with van der Waals surface area (Å²) >= 11 is 0. The number of aromatic nitrogens is 3. The van der Waals surface area contributed by atoms with E-state index in [4.69, 9.17) is 4.74 Å². The molecular formula is C12H16N4O. The van der Waals surface area contributed by atoms with E-state index in [2.05, 4.69) is 15.3 Å². The lowest BCUT2D eigenvalue weighted by atomic mass is 10.4. The van der Waals surface area contributed by atoms with Crippen LogP contribution in [0.5, 0.6) is 5.88 Å². The summed E-state index contributed by atoms with van der Waals surface area (Å²) in [5.74, 6) is 1.60. The molecule has 2 rings (SSSR count). The Balaban J connectivity index is 2.06. The summed E-state index contributed by atoms with van der Waals surface area (Å²) in [4.78, 5) is 8.42. The van der Waals surface area contributed by atoms with Crippen LogP contribution in [0.15, 0.2) is 30.7 Å². The predicted octanol–water partition coefficient (Wildman–Crippen LogP) is 1.83. The smallest absolute Gasteiger partial charge is 0.237 e. The molecule has 0 aliphatic carbocycles. The van der Waals surface area contributed by atoms with Crippen LogP contribution >= 0.6 is 0 Å². The van der Waals surface area contributed by atoms with Crippen LogP contribution in [0.2, 0.25) is 0 Å². The lowest BCUT2D eigenvalue weighted by Crippen LogP contribution is -2.07. The number of imidazole rings is 1. The zero-order valence-electron chi connectivity index (χ0n) is 10.1. The summed E-state index contributed by atoms with van der Waals surface area (Å²) < 4.78 is 7.41. The van der Waals surface area contributed by atoms with Crippen molar-refractivity contribution in [3.63, 3.8) is 0 Å². The Kier molecular flexibility index (Phi) is 3.59. The van der Waals surface area contributed by atoms with Crippen molar-refractivity contribution in [3.8, 4) is 5.88 Å². The summed E-state index contributed by atoms with van der Waals surface area (Å²) in [6.45, 7) is 3.20. The van der Waals surface area contributed by atoms with Gasteiger partial charge < -0.3 is 14.6 Å². The Hall–Kier alpha value is -2.04. The van der Waals surface area contributed by atoms with Crippen molar-refractivity contribution in [2.24, 2.45) is 7.05 Å². The minimum atomic E-state index is 0.605. The average molecular weight is 232 g/mol. The fraction of sp³-hybridized carbons (Fsp3) is 0.333. The van der Waals surface area contributed by atoms with E-state index in [0.717, 1.165) is 11.5 Å². The van der Waals surface area contributed by atoms with E-state index in [1.807, 2.05) is 36.9 Å². The molecule has 2 aromatic rings. The van der Waals surface area contributed by atoms with E-state index < -0.39 is 0 Å². The van der Waals surface area contributed by atoms with Gasteiger partial charge in [0, 0.05) is 25.6 Å². The van der Waals surface area contributed by atoms with Gasteiger partial charge >= 0.3 is 0 Å². The molecule has 2 aromatic heterocycles. The highest BCUT2D eigenvalue weighted by atomic mass is 16.5. The van der Waals surface area contributed by atoms with Gasteiger partial charge in [-0.2, -0.15) is 0 Å². The standard InChI is InChI=1S/C12H16N4O/c1-3-17-12-10(5-4-6-14-12)15-9-11-13-7-8-16(11)2/h4-8,15H,3,9H2,1-2H3. The third-order valence-corrected chi connectivity index (χ3v) is 2.41. The molecule has 1 N–H and O–H groups in total. The van der Waals surface area contributed by atoms with Gasteiger partial charge in [-0.25, -0.2) is 9.97 Å². The first-order chi connectivity index (χ1) is 8.31. The molecule has 2 heterocycles. The first-order valence-corrected chi connectivity index (χ1v) is 5.59. The molecule has 0 spiro atoms. The van der Waals surface area contributed by atoms with E-state index in [-0.39, 0.29) is 0 Å². The van der Waals surface area contributed by atoms with Crippen LogP contribution in [-0.4, -0.2) is 21.1 Å². The molecule has 0 saturated carbocycles. The second-order valence-corrected chi connectivity index (χ2v) is 3.60. The van der Waals surface area contributed by atoms with E-state index in [0.29, 0.717) is 19.0 Å². The highest BCUT2D eigenvalue weighted by Crippen LogP contribution is 2.20. The number of pyridine rings is 1. The lowest BCUT2D eigenvalue weighted by Gasteiger charge is -2.10. The quantitative estimate of drug-likeness (QED) is 0.854. The molecule has 0 aromatic carbocycles. The van der Waals surface area contributed by atoms with Crippen LogP contribution in [0, 0.1) is 0 Å². The number of anilines is 1. The van der Waals surface area contributed by atoms with Crippen LogP contribution < -0.4 is 10.1 Å². The van der Waals surface area contributed by atoms with E-state index in [1.54, 1.807) is 12.4 Å². The van der Waals surface area contributed by atoms with Crippen LogP contribution in [0.4, 0.5) is 5.69 Å². The molecule has 17 heavy (non-hydrogen) atoms. The topological polar surface area (TPSA) is 52.0 Å². The number of aryl methyl sites for hydroxylation is 1. The maximum atomic E-state index is 5.44. The average Bonchev–Trinajstić information content (AvgIpc) is 2.74. The molecule has 0 atom stereocenters. The molecule has 0 aliphatic rings. The normalized spacial score (nSPS) is 10.2. The van der Waals surface area contributed by atoms with Crippen molar-refractivity contribution in [1.82, 2.24) is 14.5 Å². The number of hydrogen-bond donors (Lipinski definition) is 1. The monoisotopic (exact) mass is 232 g/mol. The van der Waals surface area contributed by atoms with E-state index in [1.165, 1.54) is 0 Å². The van der Waals surface area contributed by atoms with E-state index in [9.17, 15) is 0 Å². The van der Waals surface area contributed by atoms with Gasteiger partial charge in [-0.3, -0.25) is 0 Å². The number of rotatable bonds is 5. The third-order valence-electron chi connectivity index (χ3n) is 2.41. The highest BCUT2D eigenvalue weighted by Gasteiger charge is 2.04. The second kappa shape index (κ2) is 5.34. The number of ether oxygens (including phenoxy) is 1. The molecule has 0 bridgehead atoms. The lowest BCUT2D eigenvalue weighted by molar-refractivity contribution is 0.328. The van der Waals surface area contributed by atoms with Gasteiger partial charge in [-0.1, -0.05) is 0 Å². The van der Waals surface area contributed by atoms with Gasteiger partial charge in [-0.05, 0) is 19.1 Å². The predicted molar refractivity (Wildman–Crippen MR) is 65.9 cm³/mol. The van der Waals surface area contributed by atoms with Crippen molar-refractivity contribution in [3.05, 3.63) is 36.5 Å². The third kappa shape index (κ3) is 2.75. The summed E-state index contributed by atoms with van der Waals surface area (Å²) in [7, 11) is 1.97. The van der Waals surface area contributed by atoms with Crippen molar-refractivity contribution < 1.29 is 4.74 Å². The van der Waals surface area contributed by atoms with Crippen molar-refractivity contribution in [2.75, 3.05) is 11.9 Å². The maximum Gasteiger partial charge on any atom is 0.237 e. The van der Waals surface area contributed by atoms with Crippen LogP contribution in [-0.2, 0) is 13.6 Å². The molecule has 0 fully saturated rings. The van der Waals surface area contributed by atoms with Crippen LogP contribution in [0.1, 0.15) is 12.7 Å². The van der Waals surface area contributed by atoms with E-state index >= 15 is 0 Å². The molecule has 0 radical (unpaired) electrons. The van der Waals surface area contributed by atoms with Gasteiger partial charge in [-0.15, -0.1) is 0 Å². The molecule has 0 amide bonds. The maximum absolute atomic E-state index is 5.44. The molecule has 90 valence electrons. The van der Waals surface area contributed by atoms with Gasteiger partial charge in [0.15, 0.2) is 0 Å². The Bertz CT molecular complexity index is 481. The summed E-state index contributed by atoms with van der Waals surface area (Å²) in [6.07, 6.45) is 5.42. The number of nitrogens with zero attached hydrogens (tertiary/aromatic N) is 3. The zero-order chi connectivity index (χ0) is 12.1. The zero-order valence-corrected chi connectivity index (χ0v) is 10.1. The molecule has 0 aliphatic heterocycles. The van der Waals surface area contributed by atoms with Crippen molar-refractivity contribution in [1.29, 1.82) is 0 Å².